The third-order valence-electron chi connectivity index (χ3n) is 6.82. The number of hydrogen-bond acceptors (Lipinski definition) is 11. The highest BCUT2D eigenvalue weighted by Gasteiger charge is 2.22. The molecule has 4 rings (SSSR count). The van der Waals surface area contributed by atoms with Crippen molar-refractivity contribution in [1.29, 1.82) is 0 Å². The number of fused-ring (bicyclic) bond motifs is 5. The number of aromatic nitrogens is 1. The van der Waals surface area contributed by atoms with Crippen LogP contribution in [0.15, 0.2) is 29.2 Å². The highest BCUT2D eigenvalue weighted by molar-refractivity contribution is 5.91. The zero-order valence-corrected chi connectivity index (χ0v) is 22.2. The maximum absolute atomic E-state index is 12.8. The van der Waals surface area contributed by atoms with Crippen LogP contribution in [0, 0.1) is 0 Å². The molecule has 1 saturated heterocycles. The molecular weight excluding hydrogens is 494 g/mol. The molecule has 2 aliphatic heterocycles. The van der Waals surface area contributed by atoms with Crippen LogP contribution in [0.25, 0.3) is 0 Å². The maximum atomic E-state index is 12.8. The van der Waals surface area contributed by atoms with Crippen molar-refractivity contribution in [1.82, 2.24) is 14.8 Å². The number of esters is 2. The first-order valence-electron chi connectivity index (χ1n) is 13.2. The van der Waals surface area contributed by atoms with E-state index in [-0.39, 0.29) is 11.8 Å². The molecule has 2 aliphatic rings. The molecule has 0 N–H and O–H groups in total. The molecule has 0 radical (unpaired) electrons. The van der Waals surface area contributed by atoms with E-state index >= 15 is 0 Å². The fraction of sp³-hybridized carbons (Fsp3) is 0.593. The fourth-order valence-electron chi connectivity index (χ4n) is 4.77. The minimum absolute atomic E-state index is 0.155. The molecule has 11 heteroatoms. The van der Waals surface area contributed by atoms with Gasteiger partial charge in [-0.15, -0.1) is 0 Å². The first-order valence-corrected chi connectivity index (χ1v) is 13.2. The van der Waals surface area contributed by atoms with Crippen molar-refractivity contribution in [3.8, 4) is 17.2 Å². The third kappa shape index (κ3) is 7.61. The molecule has 3 heterocycles. The molecule has 11 nitrogen and oxygen atoms in total. The Morgan fingerprint density at radius 3 is 2.42 bits per heavy atom. The van der Waals surface area contributed by atoms with E-state index in [2.05, 4.69) is 14.8 Å². The summed E-state index contributed by atoms with van der Waals surface area (Å²) in [5.41, 5.74) is 0.489. The van der Waals surface area contributed by atoms with Crippen molar-refractivity contribution in [2.45, 2.75) is 38.2 Å². The van der Waals surface area contributed by atoms with Crippen molar-refractivity contribution in [2.75, 3.05) is 66.7 Å². The van der Waals surface area contributed by atoms with Gasteiger partial charge in [0, 0.05) is 26.2 Å². The number of oxazole rings is 1. The van der Waals surface area contributed by atoms with Crippen molar-refractivity contribution in [3.63, 3.8) is 0 Å². The van der Waals surface area contributed by atoms with Gasteiger partial charge >= 0.3 is 11.9 Å². The second-order valence-corrected chi connectivity index (χ2v) is 9.42. The van der Waals surface area contributed by atoms with Crippen molar-refractivity contribution < 1.29 is 37.7 Å². The highest BCUT2D eigenvalue weighted by atomic mass is 16.6. The Kier molecular flexibility index (Phi) is 10.2. The predicted molar refractivity (Wildman–Crippen MR) is 137 cm³/mol. The van der Waals surface area contributed by atoms with E-state index in [1.165, 1.54) is 26.9 Å². The summed E-state index contributed by atoms with van der Waals surface area (Å²) in [4.78, 5) is 34.1. The van der Waals surface area contributed by atoms with Gasteiger partial charge in [-0.2, -0.15) is 0 Å². The predicted octanol–water partition coefficient (Wildman–Crippen LogP) is 3.03. The van der Waals surface area contributed by atoms with Gasteiger partial charge in [0.25, 0.3) is 0 Å². The summed E-state index contributed by atoms with van der Waals surface area (Å²) < 4.78 is 33.2. The second-order valence-electron chi connectivity index (χ2n) is 9.42. The van der Waals surface area contributed by atoms with Crippen molar-refractivity contribution in [2.24, 2.45) is 0 Å². The van der Waals surface area contributed by atoms with E-state index in [9.17, 15) is 9.59 Å². The maximum Gasteiger partial charge on any atom is 0.360 e. The topological polar surface area (TPSA) is 113 Å². The Morgan fingerprint density at radius 2 is 1.68 bits per heavy atom. The number of methoxy groups -OCH3 is 2. The molecule has 38 heavy (non-hydrogen) atoms. The van der Waals surface area contributed by atoms with Gasteiger partial charge in [-0.3, -0.25) is 0 Å². The molecule has 3 atom stereocenters. The molecule has 4 bridgehead atoms. The standard InChI is InChI=1S/C27H37N3O8/c1-33-23-16-20-17-24(25(23)34-2)36-14-3-6-21(38-27(32)22-18-35-19-28-22)7-11-30-9-4-8-29(12-13-30)10-5-15-37-26(20)31/h16-19,21H,3-15H2,1-2H3. The number of hydrogen-bond donors (Lipinski definition) is 0. The lowest BCUT2D eigenvalue weighted by atomic mass is 10.1. The number of cyclic esters (lactones) is 1. The monoisotopic (exact) mass is 531 g/mol. The van der Waals surface area contributed by atoms with Gasteiger partial charge in [0.1, 0.15) is 12.4 Å². The molecule has 1 aromatic carbocycles. The fourth-order valence-corrected chi connectivity index (χ4v) is 4.77. The van der Waals surface area contributed by atoms with Crippen LogP contribution in [-0.4, -0.2) is 99.5 Å². The number of benzene rings is 1. The number of nitrogens with zero attached hydrogens (tertiary/aromatic N) is 3. The second kappa shape index (κ2) is 14.0. The largest absolute Gasteiger partial charge is 0.493 e. The molecule has 2 aromatic rings. The normalized spacial score (nSPS) is 23.5. The Hall–Kier alpha value is -3.31. The van der Waals surface area contributed by atoms with Crippen LogP contribution in [0.1, 0.15) is 53.0 Å². The molecule has 0 spiro atoms. The molecule has 0 saturated carbocycles. The van der Waals surface area contributed by atoms with Crippen LogP contribution in [0.5, 0.6) is 17.2 Å². The lowest BCUT2D eigenvalue weighted by Gasteiger charge is -2.24. The van der Waals surface area contributed by atoms with E-state index in [0.717, 1.165) is 52.1 Å². The van der Waals surface area contributed by atoms with E-state index in [1.54, 1.807) is 12.1 Å². The number of ether oxygens (including phenoxy) is 5. The summed E-state index contributed by atoms with van der Waals surface area (Å²) in [5.74, 6) is 0.242. The average molecular weight is 532 g/mol. The van der Waals surface area contributed by atoms with Crippen molar-refractivity contribution in [3.05, 3.63) is 36.0 Å². The van der Waals surface area contributed by atoms with E-state index < -0.39 is 11.9 Å². The summed E-state index contributed by atoms with van der Waals surface area (Å²) >= 11 is 0. The number of carbonyl (C=O) groups excluding carboxylic acids is 2. The van der Waals surface area contributed by atoms with Gasteiger partial charge in [0.2, 0.25) is 5.75 Å². The molecule has 0 amide bonds. The van der Waals surface area contributed by atoms with Gasteiger partial charge in [-0.05, 0) is 57.3 Å². The highest BCUT2D eigenvalue weighted by Crippen LogP contribution is 2.38. The molecule has 208 valence electrons. The Labute approximate surface area is 222 Å². The zero-order chi connectivity index (χ0) is 26.7. The van der Waals surface area contributed by atoms with Gasteiger partial charge in [-0.25, -0.2) is 14.6 Å². The van der Waals surface area contributed by atoms with Gasteiger partial charge in [0.05, 0.1) is 33.0 Å². The van der Waals surface area contributed by atoms with Crippen LogP contribution >= 0.6 is 0 Å². The summed E-state index contributed by atoms with van der Waals surface area (Å²) in [6.45, 7) is 6.25. The Morgan fingerprint density at radius 1 is 0.921 bits per heavy atom. The van der Waals surface area contributed by atoms with Crippen LogP contribution < -0.4 is 14.2 Å². The quantitative estimate of drug-likeness (QED) is 0.543. The first-order chi connectivity index (χ1) is 18.6. The van der Waals surface area contributed by atoms with E-state index in [0.29, 0.717) is 55.3 Å². The lowest BCUT2D eigenvalue weighted by Crippen LogP contribution is -2.34. The average Bonchev–Trinajstić information content (AvgIpc) is 3.38. The SMILES string of the molecule is COc1cc2cc(c1OC)OCCCC(OC(=O)c1cocn1)CCN1CCCN(CCCOC2=O)CC1. The lowest BCUT2D eigenvalue weighted by molar-refractivity contribution is 0.0215. The smallest absolute Gasteiger partial charge is 0.360 e. The molecule has 1 fully saturated rings. The Balaban J connectivity index is 1.50. The first kappa shape index (κ1) is 27.7. The molecule has 1 aromatic heterocycles. The van der Waals surface area contributed by atoms with E-state index in [1.807, 2.05) is 0 Å². The third-order valence-corrected chi connectivity index (χ3v) is 6.82. The van der Waals surface area contributed by atoms with Crippen LogP contribution in [0.4, 0.5) is 0 Å². The minimum Gasteiger partial charge on any atom is -0.493 e. The summed E-state index contributed by atoms with van der Waals surface area (Å²) in [6.07, 6.45) is 5.94. The number of rotatable bonds is 4. The van der Waals surface area contributed by atoms with Crippen molar-refractivity contribution >= 4 is 11.9 Å². The molecular formula is C27H37N3O8. The summed E-state index contributed by atoms with van der Waals surface area (Å²) in [6, 6.07) is 3.21. The van der Waals surface area contributed by atoms with Crippen LogP contribution in [-0.2, 0) is 9.47 Å². The Bertz CT molecular complexity index is 1050. The summed E-state index contributed by atoms with van der Waals surface area (Å²) in [5, 5.41) is 0. The minimum atomic E-state index is -0.497. The van der Waals surface area contributed by atoms with Gasteiger partial charge < -0.3 is 37.9 Å². The molecule has 3 unspecified atom stereocenters. The van der Waals surface area contributed by atoms with E-state index in [4.69, 9.17) is 28.1 Å². The molecule has 0 aliphatic carbocycles. The number of carbonyl (C=O) groups is 2. The van der Waals surface area contributed by atoms with Gasteiger partial charge in [-0.1, -0.05) is 0 Å². The van der Waals surface area contributed by atoms with Gasteiger partial charge in [0.15, 0.2) is 23.6 Å². The van der Waals surface area contributed by atoms with Crippen LogP contribution in [0.3, 0.4) is 0 Å². The summed E-state index contributed by atoms with van der Waals surface area (Å²) in [7, 11) is 3.03. The zero-order valence-electron chi connectivity index (χ0n) is 22.2. The van der Waals surface area contributed by atoms with Crippen LogP contribution in [0.2, 0.25) is 0 Å².